The minimum absolute atomic E-state index is 1.01. The molecule has 0 aliphatic carbocycles. The average molecular weight is 410 g/mol. The zero-order chi connectivity index (χ0) is 21.1. The zero-order valence-electron chi connectivity index (χ0n) is 17.2. The summed E-state index contributed by atoms with van der Waals surface area (Å²) in [7, 11) is 0. The summed E-state index contributed by atoms with van der Waals surface area (Å²) in [6.07, 6.45) is 3.67. The Hall–Kier alpha value is -4.44. The minimum atomic E-state index is 1.01. The lowest BCUT2D eigenvalue weighted by Gasteiger charge is -2.09. The second-order valence-electron chi connectivity index (χ2n) is 7.97. The Kier molecular flexibility index (Phi) is 3.52. The van der Waals surface area contributed by atoms with Gasteiger partial charge < -0.3 is 9.13 Å². The maximum absolute atomic E-state index is 5.27. The number of fused-ring (bicyclic) bond motifs is 6. The monoisotopic (exact) mass is 410 g/mol. The van der Waals surface area contributed by atoms with Gasteiger partial charge in [-0.25, -0.2) is 4.98 Å². The van der Waals surface area contributed by atoms with Crippen LogP contribution >= 0.6 is 0 Å². The van der Waals surface area contributed by atoms with Gasteiger partial charge >= 0.3 is 0 Å². The van der Waals surface area contributed by atoms with Crippen molar-refractivity contribution in [1.82, 2.24) is 19.1 Å². The van der Waals surface area contributed by atoms with E-state index < -0.39 is 0 Å². The van der Waals surface area contributed by atoms with Crippen LogP contribution in [-0.4, -0.2) is 19.1 Å². The molecule has 0 saturated heterocycles. The molecule has 0 aliphatic heterocycles. The van der Waals surface area contributed by atoms with Gasteiger partial charge in [0.1, 0.15) is 0 Å². The Morgan fingerprint density at radius 1 is 0.469 bits per heavy atom. The van der Waals surface area contributed by atoms with Gasteiger partial charge in [-0.3, -0.25) is 4.98 Å². The van der Waals surface area contributed by atoms with Crippen LogP contribution in [-0.2, 0) is 0 Å². The third-order valence-electron chi connectivity index (χ3n) is 6.20. The molecule has 4 heterocycles. The summed E-state index contributed by atoms with van der Waals surface area (Å²) >= 11 is 0. The van der Waals surface area contributed by atoms with Crippen molar-refractivity contribution in [2.45, 2.75) is 0 Å². The normalized spacial score (nSPS) is 11.8. The smallest absolute Gasteiger partial charge is 0.0972 e. The van der Waals surface area contributed by atoms with Crippen molar-refractivity contribution in [3.05, 3.63) is 109 Å². The summed E-state index contributed by atoms with van der Waals surface area (Å²) < 4.78 is 4.59. The molecule has 3 aromatic carbocycles. The third kappa shape index (κ3) is 2.32. The first-order valence-electron chi connectivity index (χ1n) is 10.7. The highest BCUT2D eigenvalue weighted by Crippen LogP contribution is 2.37. The van der Waals surface area contributed by atoms with Gasteiger partial charge in [-0.1, -0.05) is 54.6 Å². The highest BCUT2D eigenvalue weighted by atomic mass is 15.0. The van der Waals surface area contributed by atoms with Crippen LogP contribution in [0.15, 0.2) is 109 Å². The molecule has 150 valence electrons. The van der Waals surface area contributed by atoms with Crippen LogP contribution in [0.1, 0.15) is 0 Å². The van der Waals surface area contributed by atoms with Gasteiger partial charge in [0.15, 0.2) is 0 Å². The van der Waals surface area contributed by atoms with E-state index in [4.69, 9.17) is 4.98 Å². The molecule has 7 rings (SSSR count). The maximum Gasteiger partial charge on any atom is 0.0972 e. The van der Waals surface area contributed by atoms with Crippen molar-refractivity contribution in [3.8, 4) is 11.4 Å². The van der Waals surface area contributed by atoms with Gasteiger partial charge in [-0.2, -0.15) is 0 Å². The van der Waals surface area contributed by atoms with E-state index in [-0.39, 0.29) is 0 Å². The van der Waals surface area contributed by atoms with Crippen LogP contribution in [0, 0.1) is 0 Å². The van der Waals surface area contributed by atoms with E-state index in [9.17, 15) is 0 Å². The Morgan fingerprint density at radius 3 is 1.56 bits per heavy atom. The van der Waals surface area contributed by atoms with Crippen molar-refractivity contribution < 1.29 is 0 Å². The number of hydrogen-bond acceptors (Lipinski definition) is 2. The van der Waals surface area contributed by atoms with Gasteiger partial charge in [0.25, 0.3) is 0 Å². The lowest BCUT2D eigenvalue weighted by molar-refractivity contribution is 1.15. The number of rotatable bonds is 2. The molecular formula is C28H18N4. The molecule has 7 aromatic rings. The number of nitrogens with zero attached hydrogens (tertiary/aromatic N) is 4. The van der Waals surface area contributed by atoms with Gasteiger partial charge in [-0.15, -0.1) is 0 Å². The molecule has 4 heteroatoms. The number of para-hydroxylation sites is 3. The molecule has 0 N–H and O–H groups in total. The topological polar surface area (TPSA) is 35.6 Å². The predicted molar refractivity (Wildman–Crippen MR) is 131 cm³/mol. The van der Waals surface area contributed by atoms with Gasteiger partial charge in [0, 0.05) is 34.5 Å². The molecular weight excluding hydrogens is 392 g/mol. The largest absolute Gasteiger partial charge is 0.308 e. The lowest BCUT2D eigenvalue weighted by Crippen LogP contribution is -1.96. The zero-order valence-corrected chi connectivity index (χ0v) is 17.2. The van der Waals surface area contributed by atoms with Crippen molar-refractivity contribution in [3.63, 3.8) is 0 Å². The Bertz CT molecular complexity index is 1630. The number of benzene rings is 3. The van der Waals surface area contributed by atoms with E-state index in [1.165, 1.54) is 0 Å². The van der Waals surface area contributed by atoms with E-state index in [1.807, 2.05) is 24.5 Å². The fourth-order valence-electron chi connectivity index (χ4n) is 4.85. The fourth-order valence-corrected chi connectivity index (χ4v) is 4.85. The highest BCUT2D eigenvalue weighted by molar-refractivity contribution is 6.15. The number of pyridine rings is 2. The van der Waals surface area contributed by atoms with Crippen molar-refractivity contribution in [2.24, 2.45) is 0 Å². The average Bonchev–Trinajstić information content (AvgIpc) is 3.36. The molecule has 0 atom stereocenters. The first-order valence-corrected chi connectivity index (χ1v) is 10.7. The van der Waals surface area contributed by atoms with Crippen LogP contribution in [0.25, 0.3) is 55.2 Å². The SMILES string of the molecule is c1ccc(-n2c3ccccc3c3nc4c5ccccc5n(-c5ccncc5)c4cc32)cc1. The van der Waals surface area contributed by atoms with Crippen LogP contribution in [0.2, 0.25) is 0 Å². The minimum Gasteiger partial charge on any atom is -0.308 e. The van der Waals surface area contributed by atoms with Gasteiger partial charge in [0.05, 0.1) is 33.1 Å². The van der Waals surface area contributed by atoms with Crippen molar-refractivity contribution in [2.75, 3.05) is 0 Å². The number of hydrogen-bond donors (Lipinski definition) is 0. The summed E-state index contributed by atoms with van der Waals surface area (Å²) in [6, 6.07) is 33.9. The molecule has 4 aromatic heterocycles. The second-order valence-corrected chi connectivity index (χ2v) is 7.97. The molecule has 0 fully saturated rings. The third-order valence-corrected chi connectivity index (χ3v) is 6.20. The first kappa shape index (κ1) is 17.3. The van der Waals surface area contributed by atoms with E-state index in [0.717, 1.165) is 55.2 Å². The lowest BCUT2D eigenvalue weighted by atomic mass is 10.2. The van der Waals surface area contributed by atoms with E-state index in [0.29, 0.717) is 0 Å². The predicted octanol–water partition coefficient (Wildman–Crippen LogP) is 6.67. The maximum atomic E-state index is 5.27. The highest BCUT2D eigenvalue weighted by Gasteiger charge is 2.19. The van der Waals surface area contributed by atoms with Crippen LogP contribution in [0.5, 0.6) is 0 Å². The fraction of sp³-hybridized carbons (Fsp3) is 0. The summed E-state index contributed by atoms with van der Waals surface area (Å²) in [5, 5.41) is 2.31. The van der Waals surface area contributed by atoms with Crippen molar-refractivity contribution >= 4 is 43.9 Å². The van der Waals surface area contributed by atoms with Crippen molar-refractivity contribution in [1.29, 1.82) is 0 Å². The van der Waals surface area contributed by atoms with Gasteiger partial charge in [0.2, 0.25) is 0 Å². The summed E-state index contributed by atoms with van der Waals surface area (Å²) in [6.45, 7) is 0. The van der Waals surface area contributed by atoms with Crippen LogP contribution in [0.4, 0.5) is 0 Å². The molecule has 0 spiro atoms. The molecule has 0 radical (unpaired) electrons. The molecule has 0 aliphatic rings. The number of aromatic nitrogens is 4. The summed E-state index contributed by atoms with van der Waals surface area (Å²) in [5.41, 5.74) is 8.74. The first-order chi connectivity index (χ1) is 15.9. The standard InChI is InChI=1S/C28H18N4/c1-2-8-19(9-3-1)31-23-12-6-4-10-21(23)27-25(31)18-26-28(30-27)22-11-5-7-13-24(22)32(26)20-14-16-29-17-15-20/h1-18H. The van der Waals surface area contributed by atoms with Crippen LogP contribution < -0.4 is 0 Å². The summed E-state index contributed by atoms with van der Waals surface area (Å²) in [4.78, 5) is 9.48. The molecule has 0 bridgehead atoms. The van der Waals surface area contributed by atoms with Gasteiger partial charge in [-0.05, 0) is 42.5 Å². The van der Waals surface area contributed by atoms with E-state index in [2.05, 4.69) is 99.0 Å². The molecule has 0 saturated carbocycles. The quantitative estimate of drug-likeness (QED) is 0.319. The Morgan fingerprint density at radius 2 is 0.969 bits per heavy atom. The molecule has 4 nitrogen and oxygen atoms in total. The molecule has 32 heavy (non-hydrogen) atoms. The van der Waals surface area contributed by atoms with Crippen LogP contribution in [0.3, 0.4) is 0 Å². The van der Waals surface area contributed by atoms with E-state index >= 15 is 0 Å². The molecule has 0 unspecified atom stereocenters. The Labute approximate surface area is 184 Å². The molecule has 0 amide bonds. The second kappa shape index (κ2) is 6.53. The Balaban J connectivity index is 1.71. The summed E-state index contributed by atoms with van der Waals surface area (Å²) in [5.74, 6) is 0. The van der Waals surface area contributed by atoms with E-state index in [1.54, 1.807) is 0 Å².